The van der Waals surface area contributed by atoms with Crippen LogP contribution in [0.4, 0.5) is 0 Å². The van der Waals surface area contributed by atoms with Crippen LogP contribution in [0.3, 0.4) is 0 Å². The minimum atomic E-state index is 0.148. The number of nitrogens with zero attached hydrogens (tertiary/aromatic N) is 2. The van der Waals surface area contributed by atoms with E-state index in [1.807, 2.05) is 61.5 Å². The number of hydrogen-bond donors (Lipinski definition) is 0. The monoisotopic (exact) mass is 314 g/mol. The fourth-order valence-electron chi connectivity index (χ4n) is 2.19. The molecule has 0 fully saturated rings. The molecule has 104 valence electrons. The van der Waals surface area contributed by atoms with Gasteiger partial charge in [-0.2, -0.15) is 0 Å². The number of hydrogen-bond acceptors (Lipinski definition) is 2. The standard InChI is InChI=1S/C17H12Cl2N2/c1-11-7-9-13(10-8-11)15-14(12-5-3-2-4-6-12)16(18)21-17(19)20-15/h2-10H,1H3. The van der Waals surface area contributed by atoms with Crippen molar-refractivity contribution in [2.24, 2.45) is 0 Å². The highest BCUT2D eigenvalue weighted by Gasteiger charge is 2.15. The van der Waals surface area contributed by atoms with Gasteiger partial charge in [0.15, 0.2) is 0 Å². The van der Waals surface area contributed by atoms with Crippen LogP contribution in [0.1, 0.15) is 5.56 Å². The van der Waals surface area contributed by atoms with Crippen LogP contribution in [0.25, 0.3) is 22.4 Å². The van der Waals surface area contributed by atoms with E-state index in [0.717, 1.165) is 22.4 Å². The molecule has 1 heterocycles. The van der Waals surface area contributed by atoms with Crippen LogP contribution < -0.4 is 0 Å². The van der Waals surface area contributed by atoms with E-state index in [1.165, 1.54) is 5.56 Å². The molecule has 2 aromatic carbocycles. The second kappa shape index (κ2) is 5.84. The Morgan fingerprint density at radius 1 is 0.762 bits per heavy atom. The van der Waals surface area contributed by atoms with Crippen LogP contribution in [0.2, 0.25) is 10.4 Å². The van der Waals surface area contributed by atoms with Gasteiger partial charge < -0.3 is 0 Å². The van der Waals surface area contributed by atoms with Crippen LogP contribution >= 0.6 is 23.2 Å². The van der Waals surface area contributed by atoms with Gasteiger partial charge in [0.2, 0.25) is 5.28 Å². The lowest BCUT2D eigenvalue weighted by Crippen LogP contribution is -1.95. The Morgan fingerprint density at radius 2 is 1.43 bits per heavy atom. The summed E-state index contributed by atoms with van der Waals surface area (Å²) in [6, 6.07) is 17.9. The number of aryl methyl sites for hydroxylation is 1. The zero-order valence-corrected chi connectivity index (χ0v) is 12.9. The third-order valence-electron chi connectivity index (χ3n) is 3.23. The van der Waals surface area contributed by atoms with Gasteiger partial charge in [0.05, 0.1) is 5.69 Å². The first-order chi connectivity index (χ1) is 10.1. The molecule has 0 N–H and O–H groups in total. The maximum absolute atomic E-state index is 6.31. The molecule has 21 heavy (non-hydrogen) atoms. The molecule has 1 aromatic heterocycles. The Balaban J connectivity index is 2.26. The largest absolute Gasteiger partial charge is 0.224 e. The van der Waals surface area contributed by atoms with Gasteiger partial charge in [-0.15, -0.1) is 0 Å². The molecule has 3 aromatic rings. The summed E-state index contributed by atoms with van der Waals surface area (Å²) < 4.78 is 0. The lowest BCUT2D eigenvalue weighted by atomic mass is 10.0. The highest BCUT2D eigenvalue weighted by Crippen LogP contribution is 2.36. The molecule has 0 bridgehead atoms. The van der Waals surface area contributed by atoms with Crippen molar-refractivity contribution in [3.05, 3.63) is 70.6 Å². The van der Waals surface area contributed by atoms with E-state index >= 15 is 0 Å². The Kier molecular flexibility index (Phi) is 3.91. The van der Waals surface area contributed by atoms with Crippen molar-refractivity contribution in [3.63, 3.8) is 0 Å². The molecule has 0 spiro atoms. The Morgan fingerprint density at radius 3 is 2.10 bits per heavy atom. The first kappa shape index (κ1) is 14.1. The van der Waals surface area contributed by atoms with E-state index in [4.69, 9.17) is 23.2 Å². The highest BCUT2D eigenvalue weighted by atomic mass is 35.5. The van der Waals surface area contributed by atoms with Crippen molar-refractivity contribution < 1.29 is 0 Å². The summed E-state index contributed by atoms with van der Waals surface area (Å²) in [6.07, 6.45) is 0. The van der Waals surface area contributed by atoms with Gasteiger partial charge in [-0.1, -0.05) is 71.8 Å². The summed E-state index contributed by atoms with van der Waals surface area (Å²) in [5, 5.41) is 0.507. The van der Waals surface area contributed by atoms with Gasteiger partial charge >= 0.3 is 0 Å². The quantitative estimate of drug-likeness (QED) is 0.466. The van der Waals surface area contributed by atoms with Crippen molar-refractivity contribution >= 4 is 23.2 Å². The first-order valence-electron chi connectivity index (χ1n) is 6.50. The summed E-state index contributed by atoms with van der Waals surface area (Å²) in [7, 11) is 0. The molecule has 0 unspecified atom stereocenters. The minimum Gasteiger partial charge on any atom is -0.217 e. The fourth-order valence-corrected chi connectivity index (χ4v) is 2.68. The number of halogens is 2. The molecule has 0 aliphatic rings. The summed E-state index contributed by atoms with van der Waals surface area (Å²) in [5.41, 5.74) is 4.66. The van der Waals surface area contributed by atoms with Crippen LogP contribution in [-0.4, -0.2) is 9.97 Å². The molecule has 4 heteroatoms. The smallest absolute Gasteiger partial charge is 0.217 e. The molecule has 0 saturated carbocycles. The first-order valence-corrected chi connectivity index (χ1v) is 7.26. The average molecular weight is 315 g/mol. The van der Waals surface area contributed by atoms with E-state index in [0.29, 0.717) is 5.15 Å². The van der Waals surface area contributed by atoms with E-state index in [2.05, 4.69) is 9.97 Å². The molecule has 3 rings (SSSR count). The predicted octanol–water partition coefficient (Wildman–Crippen LogP) is 5.43. The molecule has 0 atom stereocenters. The van der Waals surface area contributed by atoms with Gasteiger partial charge in [-0.05, 0) is 24.1 Å². The molecule has 0 radical (unpaired) electrons. The van der Waals surface area contributed by atoms with Crippen LogP contribution in [0.15, 0.2) is 54.6 Å². The lowest BCUT2D eigenvalue weighted by Gasteiger charge is -2.11. The van der Waals surface area contributed by atoms with Gasteiger partial charge in [0.25, 0.3) is 0 Å². The second-order valence-corrected chi connectivity index (χ2v) is 5.44. The van der Waals surface area contributed by atoms with Gasteiger partial charge in [0, 0.05) is 11.1 Å². The van der Waals surface area contributed by atoms with Crippen molar-refractivity contribution in [3.8, 4) is 22.4 Å². The molecule has 0 amide bonds. The van der Waals surface area contributed by atoms with Gasteiger partial charge in [-0.25, -0.2) is 9.97 Å². The van der Waals surface area contributed by atoms with Crippen molar-refractivity contribution in [2.45, 2.75) is 6.92 Å². The van der Waals surface area contributed by atoms with Crippen LogP contribution in [0, 0.1) is 6.92 Å². The Hall–Kier alpha value is -1.90. The fraction of sp³-hybridized carbons (Fsp3) is 0.0588. The van der Waals surface area contributed by atoms with Crippen molar-refractivity contribution in [2.75, 3.05) is 0 Å². The van der Waals surface area contributed by atoms with E-state index in [1.54, 1.807) is 0 Å². The summed E-state index contributed by atoms with van der Waals surface area (Å²) in [6.45, 7) is 2.04. The topological polar surface area (TPSA) is 25.8 Å². The van der Waals surface area contributed by atoms with Gasteiger partial charge in [-0.3, -0.25) is 0 Å². The summed E-state index contributed by atoms with van der Waals surface area (Å²) >= 11 is 12.3. The zero-order valence-electron chi connectivity index (χ0n) is 11.3. The van der Waals surface area contributed by atoms with E-state index < -0.39 is 0 Å². The third-order valence-corrected chi connectivity index (χ3v) is 3.67. The highest BCUT2D eigenvalue weighted by molar-refractivity contribution is 6.34. The predicted molar refractivity (Wildman–Crippen MR) is 87.7 cm³/mol. The zero-order chi connectivity index (χ0) is 14.8. The van der Waals surface area contributed by atoms with Crippen molar-refractivity contribution in [1.82, 2.24) is 9.97 Å². The maximum atomic E-state index is 6.31. The summed E-state index contributed by atoms with van der Waals surface area (Å²) in [5.74, 6) is 0. The number of benzene rings is 2. The molecular formula is C17H12Cl2N2. The van der Waals surface area contributed by atoms with Crippen LogP contribution in [0.5, 0.6) is 0 Å². The average Bonchev–Trinajstić information content (AvgIpc) is 2.48. The molecule has 2 nitrogen and oxygen atoms in total. The Labute approximate surface area is 133 Å². The minimum absolute atomic E-state index is 0.148. The normalized spacial score (nSPS) is 10.6. The SMILES string of the molecule is Cc1ccc(-c2nc(Cl)nc(Cl)c2-c2ccccc2)cc1. The number of aromatic nitrogens is 2. The molecule has 0 aliphatic heterocycles. The molecule has 0 aliphatic carbocycles. The molecular weight excluding hydrogens is 303 g/mol. The molecule has 0 saturated heterocycles. The Bertz CT molecular complexity index is 769. The number of rotatable bonds is 2. The lowest BCUT2D eigenvalue weighted by molar-refractivity contribution is 1.17. The third kappa shape index (κ3) is 2.92. The second-order valence-electron chi connectivity index (χ2n) is 4.74. The van der Waals surface area contributed by atoms with Crippen molar-refractivity contribution in [1.29, 1.82) is 0 Å². The van der Waals surface area contributed by atoms with E-state index in [-0.39, 0.29) is 5.28 Å². The maximum Gasteiger partial charge on any atom is 0.224 e. The summed E-state index contributed by atoms with van der Waals surface area (Å²) in [4.78, 5) is 8.45. The van der Waals surface area contributed by atoms with Crippen LogP contribution in [-0.2, 0) is 0 Å². The van der Waals surface area contributed by atoms with E-state index in [9.17, 15) is 0 Å². The van der Waals surface area contributed by atoms with Gasteiger partial charge in [0.1, 0.15) is 5.15 Å².